The van der Waals surface area contributed by atoms with E-state index in [1.165, 1.54) is 13.2 Å². The minimum absolute atomic E-state index is 0.0347. The summed E-state index contributed by atoms with van der Waals surface area (Å²) in [5.41, 5.74) is 0.378. The highest BCUT2D eigenvalue weighted by atomic mass is 16.5. The maximum atomic E-state index is 10.8. The van der Waals surface area contributed by atoms with Crippen LogP contribution in [0.2, 0.25) is 0 Å². The van der Waals surface area contributed by atoms with E-state index < -0.39 is 11.9 Å². The Hall–Kier alpha value is -1.58. The number of carbonyl (C=O) groups excluding carboxylic acids is 2. The molecule has 0 saturated carbocycles. The maximum absolute atomic E-state index is 10.8. The Morgan fingerprint density at radius 3 is 2.54 bits per heavy atom. The summed E-state index contributed by atoms with van der Waals surface area (Å²) in [6.07, 6.45) is 2.52. The van der Waals surface area contributed by atoms with Gasteiger partial charge in [0.2, 0.25) is 0 Å². The number of rotatable bonds is 4. The van der Waals surface area contributed by atoms with Crippen LogP contribution in [0, 0.1) is 0 Å². The van der Waals surface area contributed by atoms with Crippen LogP contribution in [0.4, 0.5) is 0 Å². The van der Waals surface area contributed by atoms with Crippen LogP contribution in [0.15, 0.2) is 24.5 Å². The molecule has 72 valence electrons. The van der Waals surface area contributed by atoms with Crippen molar-refractivity contribution in [2.75, 3.05) is 7.11 Å². The number of esters is 2. The average Bonchev–Trinajstić information content (AvgIpc) is 2.13. The van der Waals surface area contributed by atoms with E-state index in [1.807, 2.05) is 0 Å². The summed E-state index contributed by atoms with van der Waals surface area (Å²) in [6, 6.07) is 0. The first-order valence-corrected chi connectivity index (χ1v) is 3.67. The lowest BCUT2D eigenvalue weighted by atomic mass is 10.2. The average molecular weight is 184 g/mol. The zero-order valence-corrected chi connectivity index (χ0v) is 7.70. The Morgan fingerprint density at radius 2 is 2.08 bits per heavy atom. The summed E-state index contributed by atoms with van der Waals surface area (Å²) in [5, 5.41) is 0. The Morgan fingerprint density at radius 1 is 1.46 bits per heavy atom. The second kappa shape index (κ2) is 5.99. The third-order valence-corrected chi connectivity index (χ3v) is 1.30. The van der Waals surface area contributed by atoms with Gasteiger partial charge in [-0.05, 0) is 6.92 Å². The van der Waals surface area contributed by atoms with Crippen LogP contribution in [-0.4, -0.2) is 19.0 Å². The Balaban J connectivity index is 4.03. The Bertz CT molecular complexity index is 240. The number of ether oxygens (including phenoxy) is 2. The van der Waals surface area contributed by atoms with Gasteiger partial charge in [-0.15, -0.1) is 0 Å². The molecular formula is C9H12O4. The summed E-state index contributed by atoms with van der Waals surface area (Å²) in [4.78, 5) is 21.6. The van der Waals surface area contributed by atoms with Crippen molar-refractivity contribution < 1.29 is 19.1 Å². The molecule has 0 radical (unpaired) electrons. The van der Waals surface area contributed by atoms with Gasteiger partial charge in [-0.2, -0.15) is 0 Å². The Labute approximate surface area is 76.8 Å². The molecule has 0 aliphatic carbocycles. The van der Waals surface area contributed by atoms with Gasteiger partial charge in [0.25, 0.3) is 0 Å². The molecular weight excluding hydrogens is 172 g/mol. The van der Waals surface area contributed by atoms with Crippen LogP contribution in [0.5, 0.6) is 0 Å². The zero-order valence-electron chi connectivity index (χ0n) is 7.70. The zero-order chi connectivity index (χ0) is 10.3. The van der Waals surface area contributed by atoms with E-state index >= 15 is 0 Å². The summed E-state index contributed by atoms with van der Waals surface area (Å²) in [5.74, 6) is -0.912. The number of hydrogen-bond donors (Lipinski definition) is 0. The summed E-state index contributed by atoms with van der Waals surface area (Å²) in [6.45, 7) is 4.79. The van der Waals surface area contributed by atoms with Gasteiger partial charge in [0.05, 0.1) is 19.8 Å². The molecule has 0 unspecified atom stereocenters. The topological polar surface area (TPSA) is 52.6 Å². The lowest BCUT2D eigenvalue weighted by Crippen LogP contribution is -2.03. The highest BCUT2D eigenvalue weighted by molar-refractivity contribution is 5.88. The number of methoxy groups -OCH3 is 1. The fourth-order valence-corrected chi connectivity index (χ4v) is 0.622. The van der Waals surface area contributed by atoms with E-state index in [9.17, 15) is 9.59 Å². The molecule has 0 aromatic carbocycles. The van der Waals surface area contributed by atoms with E-state index in [2.05, 4.69) is 16.1 Å². The first-order valence-electron chi connectivity index (χ1n) is 3.67. The normalized spacial score (nSPS) is 10.5. The molecule has 0 saturated heterocycles. The molecule has 0 aliphatic rings. The monoisotopic (exact) mass is 184 g/mol. The Kier molecular flexibility index (Phi) is 5.27. The molecule has 0 aromatic rings. The van der Waals surface area contributed by atoms with Crippen LogP contribution in [-0.2, 0) is 19.1 Å². The van der Waals surface area contributed by atoms with Gasteiger partial charge in [0, 0.05) is 5.57 Å². The van der Waals surface area contributed by atoms with E-state index in [0.717, 1.165) is 6.26 Å². The SMILES string of the molecule is C=COC(=O)CC=C(C)C(=O)OC. The first-order chi connectivity index (χ1) is 6.11. The molecule has 0 N–H and O–H groups in total. The van der Waals surface area contributed by atoms with Crippen molar-refractivity contribution in [1.29, 1.82) is 0 Å². The molecule has 0 amide bonds. The lowest BCUT2D eigenvalue weighted by molar-refractivity contribution is -0.136. The van der Waals surface area contributed by atoms with Crippen molar-refractivity contribution in [2.45, 2.75) is 13.3 Å². The summed E-state index contributed by atoms with van der Waals surface area (Å²) in [7, 11) is 1.28. The third kappa shape index (κ3) is 4.79. The van der Waals surface area contributed by atoms with Gasteiger partial charge in [0.15, 0.2) is 0 Å². The minimum Gasteiger partial charge on any atom is -0.466 e. The summed E-state index contributed by atoms with van der Waals surface area (Å²) < 4.78 is 8.86. The third-order valence-electron chi connectivity index (χ3n) is 1.30. The van der Waals surface area contributed by atoms with Crippen molar-refractivity contribution >= 4 is 11.9 Å². The van der Waals surface area contributed by atoms with Crippen LogP contribution in [0.1, 0.15) is 13.3 Å². The molecule has 0 aromatic heterocycles. The quantitative estimate of drug-likeness (QED) is 0.374. The molecule has 0 spiro atoms. The molecule has 0 aliphatic heterocycles. The van der Waals surface area contributed by atoms with Crippen molar-refractivity contribution in [3.05, 3.63) is 24.5 Å². The second-order valence-electron chi connectivity index (χ2n) is 2.24. The van der Waals surface area contributed by atoms with Crippen LogP contribution in [0.3, 0.4) is 0 Å². The minimum atomic E-state index is -0.460. The van der Waals surface area contributed by atoms with Gasteiger partial charge in [-0.25, -0.2) is 4.79 Å². The molecule has 0 heterocycles. The van der Waals surface area contributed by atoms with Gasteiger partial charge >= 0.3 is 11.9 Å². The standard InChI is InChI=1S/C9H12O4/c1-4-13-8(10)6-5-7(2)9(11)12-3/h4-5H,1,6H2,2-3H3. The molecule has 4 nitrogen and oxygen atoms in total. The van der Waals surface area contributed by atoms with E-state index in [-0.39, 0.29) is 6.42 Å². The molecule has 13 heavy (non-hydrogen) atoms. The van der Waals surface area contributed by atoms with Crippen LogP contribution >= 0.6 is 0 Å². The van der Waals surface area contributed by atoms with Crippen LogP contribution in [0.25, 0.3) is 0 Å². The molecule has 0 fully saturated rings. The largest absolute Gasteiger partial charge is 0.466 e. The highest BCUT2D eigenvalue weighted by Crippen LogP contribution is 1.99. The molecule has 0 rings (SSSR count). The fourth-order valence-electron chi connectivity index (χ4n) is 0.622. The molecule has 0 bridgehead atoms. The number of carbonyl (C=O) groups is 2. The molecule has 4 heteroatoms. The van der Waals surface area contributed by atoms with Crippen molar-refractivity contribution in [1.82, 2.24) is 0 Å². The van der Waals surface area contributed by atoms with E-state index in [0.29, 0.717) is 5.57 Å². The highest BCUT2D eigenvalue weighted by Gasteiger charge is 2.04. The predicted molar refractivity (Wildman–Crippen MR) is 46.7 cm³/mol. The maximum Gasteiger partial charge on any atom is 0.333 e. The first kappa shape index (κ1) is 11.4. The predicted octanol–water partition coefficient (Wildman–Crippen LogP) is 1.18. The summed E-state index contributed by atoms with van der Waals surface area (Å²) >= 11 is 0. The number of hydrogen-bond acceptors (Lipinski definition) is 4. The molecule has 0 atom stereocenters. The van der Waals surface area contributed by atoms with Crippen molar-refractivity contribution in [2.24, 2.45) is 0 Å². The fraction of sp³-hybridized carbons (Fsp3) is 0.333. The van der Waals surface area contributed by atoms with Gasteiger partial charge in [-0.3, -0.25) is 4.79 Å². The van der Waals surface area contributed by atoms with Gasteiger partial charge in [-0.1, -0.05) is 12.7 Å². The van der Waals surface area contributed by atoms with Gasteiger partial charge < -0.3 is 9.47 Å². The lowest BCUT2D eigenvalue weighted by Gasteiger charge is -1.97. The van der Waals surface area contributed by atoms with Crippen molar-refractivity contribution in [3.63, 3.8) is 0 Å². The van der Waals surface area contributed by atoms with Crippen LogP contribution < -0.4 is 0 Å². The smallest absolute Gasteiger partial charge is 0.333 e. The van der Waals surface area contributed by atoms with Gasteiger partial charge in [0.1, 0.15) is 0 Å². The van der Waals surface area contributed by atoms with E-state index in [1.54, 1.807) is 6.92 Å². The van der Waals surface area contributed by atoms with E-state index in [4.69, 9.17) is 0 Å². The van der Waals surface area contributed by atoms with Crippen molar-refractivity contribution in [3.8, 4) is 0 Å². The second-order valence-corrected chi connectivity index (χ2v) is 2.24.